The van der Waals surface area contributed by atoms with Crippen molar-refractivity contribution in [3.8, 4) is 0 Å². The van der Waals surface area contributed by atoms with E-state index in [4.69, 9.17) is 5.73 Å². The van der Waals surface area contributed by atoms with Gasteiger partial charge in [-0.2, -0.15) is 0 Å². The first-order valence-corrected chi connectivity index (χ1v) is 6.60. The molecule has 0 spiro atoms. The van der Waals surface area contributed by atoms with Crippen molar-refractivity contribution < 1.29 is 4.79 Å². The van der Waals surface area contributed by atoms with Crippen LogP contribution in [0.25, 0.3) is 6.08 Å². The lowest BCUT2D eigenvalue weighted by Crippen LogP contribution is -2.00. The predicted molar refractivity (Wildman–Crippen MR) is 80.5 cm³/mol. The van der Waals surface area contributed by atoms with Crippen LogP contribution >= 0.6 is 15.9 Å². The number of hydrogen-bond donors (Lipinski definition) is 1. The number of hydrogen-bond acceptors (Lipinski definition) is 3. The zero-order valence-corrected chi connectivity index (χ0v) is 11.8. The van der Waals surface area contributed by atoms with Crippen LogP contribution in [-0.4, -0.2) is 10.8 Å². The van der Waals surface area contributed by atoms with Gasteiger partial charge in [-0.15, -0.1) is 0 Å². The summed E-state index contributed by atoms with van der Waals surface area (Å²) in [7, 11) is 0. The minimum atomic E-state index is 0.0200. The molecule has 19 heavy (non-hydrogen) atoms. The summed E-state index contributed by atoms with van der Waals surface area (Å²) in [4.78, 5) is 15.9. The van der Waals surface area contributed by atoms with Crippen LogP contribution in [-0.2, 0) is 11.2 Å². The molecular formula is C15H13BrN2O. The van der Waals surface area contributed by atoms with Gasteiger partial charge in [-0.05, 0) is 51.8 Å². The molecule has 4 heteroatoms. The van der Waals surface area contributed by atoms with Gasteiger partial charge in [-0.3, -0.25) is 9.78 Å². The maximum atomic E-state index is 11.8. The molecule has 2 aromatic rings. The zero-order chi connectivity index (χ0) is 13.7. The van der Waals surface area contributed by atoms with Gasteiger partial charge in [-0.1, -0.05) is 18.2 Å². The van der Waals surface area contributed by atoms with Crippen LogP contribution in [0.5, 0.6) is 0 Å². The second kappa shape index (κ2) is 6.29. The molecule has 1 aromatic carbocycles. The van der Waals surface area contributed by atoms with Gasteiger partial charge < -0.3 is 5.73 Å². The normalized spacial score (nSPS) is 10.8. The number of rotatable bonds is 4. The topological polar surface area (TPSA) is 56.0 Å². The van der Waals surface area contributed by atoms with Crippen molar-refractivity contribution in [3.05, 3.63) is 64.4 Å². The lowest BCUT2D eigenvalue weighted by atomic mass is 10.1. The van der Waals surface area contributed by atoms with Crippen molar-refractivity contribution in [1.29, 1.82) is 0 Å². The summed E-state index contributed by atoms with van der Waals surface area (Å²) in [5.41, 5.74) is 8.01. The van der Waals surface area contributed by atoms with Gasteiger partial charge in [-0.25, -0.2) is 0 Å². The molecule has 0 radical (unpaired) electrons. The molecule has 0 saturated heterocycles. The van der Waals surface area contributed by atoms with Crippen LogP contribution in [0, 0.1) is 0 Å². The average Bonchev–Trinajstić information content (AvgIpc) is 2.41. The fourth-order valence-corrected chi connectivity index (χ4v) is 1.78. The average molecular weight is 317 g/mol. The van der Waals surface area contributed by atoms with Crippen LogP contribution in [0.4, 0.5) is 5.69 Å². The fourth-order valence-electron chi connectivity index (χ4n) is 1.54. The summed E-state index contributed by atoms with van der Waals surface area (Å²) in [6.45, 7) is 0. The standard InChI is InChI=1S/C15H13BrN2O/c16-12-4-7-14(18-10-12)9-15(19)8-3-11-1-5-13(17)6-2-11/h1-8,10H,9,17H2/b8-3+. The minimum Gasteiger partial charge on any atom is -0.399 e. The first-order chi connectivity index (χ1) is 9.13. The molecule has 2 N–H and O–H groups in total. The maximum Gasteiger partial charge on any atom is 0.161 e. The minimum absolute atomic E-state index is 0.0200. The number of allylic oxidation sites excluding steroid dienone is 1. The molecular weight excluding hydrogens is 304 g/mol. The molecule has 0 aliphatic carbocycles. The maximum absolute atomic E-state index is 11.8. The summed E-state index contributed by atoms with van der Waals surface area (Å²) in [6.07, 6.45) is 5.33. The third-order valence-electron chi connectivity index (χ3n) is 2.54. The predicted octanol–water partition coefficient (Wildman–Crippen LogP) is 3.25. The number of ketones is 1. The molecule has 0 bridgehead atoms. The van der Waals surface area contributed by atoms with E-state index in [0.29, 0.717) is 12.1 Å². The highest BCUT2D eigenvalue weighted by Crippen LogP contribution is 2.09. The Morgan fingerprint density at radius 3 is 2.58 bits per heavy atom. The summed E-state index contributed by atoms with van der Waals surface area (Å²) < 4.78 is 0.904. The van der Waals surface area contributed by atoms with Gasteiger partial charge in [0.1, 0.15) is 0 Å². The van der Waals surface area contributed by atoms with Crippen LogP contribution in [0.2, 0.25) is 0 Å². The van der Waals surface area contributed by atoms with Gasteiger partial charge in [0.25, 0.3) is 0 Å². The Morgan fingerprint density at radius 1 is 1.21 bits per heavy atom. The lowest BCUT2D eigenvalue weighted by molar-refractivity contribution is -0.114. The van der Waals surface area contributed by atoms with Gasteiger partial charge in [0.05, 0.1) is 6.42 Å². The first kappa shape index (κ1) is 13.5. The molecule has 2 rings (SSSR count). The van der Waals surface area contributed by atoms with Gasteiger partial charge >= 0.3 is 0 Å². The van der Waals surface area contributed by atoms with Crippen LogP contribution in [0.1, 0.15) is 11.3 Å². The van der Waals surface area contributed by atoms with Crippen molar-refractivity contribution in [1.82, 2.24) is 4.98 Å². The number of anilines is 1. The van der Waals surface area contributed by atoms with Crippen LogP contribution in [0.3, 0.4) is 0 Å². The van der Waals surface area contributed by atoms with Crippen LogP contribution < -0.4 is 5.73 Å². The third-order valence-corrected chi connectivity index (χ3v) is 3.01. The first-order valence-electron chi connectivity index (χ1n) is 5.80. The Morgan fingerprint density at radius 2 is 1.95 bits per heavy atom. The number of carbonyl (C=O) groups excluding carboxylic acids is 1. The molecule has 0 fully saturated rings. The fraction of sp³-hybridized carbons (Fsp3) is 0.0667. The number of nitrogens with zero attached hydrogens (tertiary/aromatic N) is 1. The summed E-state index contributed by atoms with van der Waals surface area (Å²) >= 11 is 3.31. The van der Waals surface area contributed by atoms with E-state index in [2.05, 4.69) is 20.9 Å². The third kappa shape index (κ3) is 4.34. The van der Waals surface area contributed by atoms with E-state index in [1.807, 2.05) is 24.3 Å². The highest BCUT2D eigenvalue weighted by atomic mass is 79.9. The molecule has 1 aromatic heterocycles. The van der Waals surface area contributed by atoms with E-state index in [-0.39, 0.29) is 5.78 Å². The van der Waals surface area contributed by atoms with E-state index < -0.39 is 0 Å². The quantitative estimate of drug-likeness (QED) is 0.696. The second-order valence-electron chi connectivity index (χ2n) is 4.11. The number of nitrogen functional groups attached to an aromatic ring is 1. The van der Waals surface area contributed by atoms with Gasteiger partial charge in [0.2, 0.25) is 0 Å². The monoisotopic (exact) mass is 316 g/mol. The largest absolute Gasteiger partial charge is 0.399 e. The van der Waals surface area contributed by atoms with Gasteiger partial charge in [0.15, 0.2) is 5.78 Å². The van der Waals surface area contributed by atoms with Crippen molar-refractivity contribution in [3.63, 3.8) is 0 Å². The van der Waals surface area contributed by atoms with E-state index in [1.165, 1.54) is 0 Å². The molecule has 0 atom stereocenters. The summed E-state index contributed by atoms with van der Waals surface area (Å²) in [5, 5.41) is 0. The Bertz CT molecular complexity index is 589. The second-order valence-corrected chi connectivity index (χ2v) is 5.03. The van der Waals surface area contributed by atoms with Crippen molar-refractivity contribution in [2.75, 3.05) is 5.73 Å². The smallest absolute Gasteiger partial charge is 0.161 e. The van der Waals surface area contributed by atoms with Crippen molar-refractivity contribution >= 4 is 33.5 Å². The lowest BCUT2D eigenvalue weighted by Gasteiger charge is -1.97. The number of nitrogens with two attached hydrogens (primary N) is 1. The number of aromatic nitrogens is 1. The molecule has 96 valence electrons. The highest BCUT2D eigenvalue weighted by molar-refractivity contribution is 9.10. The van der Waals surface area contributed by atoms with Crippen molar-refractivity contribution in [2.24, 2.45) is 0 Å². The highest BCUT2D eigenvalue weighted by Gasteiger charge is 2.01. The SMILES string of the molecule is Nc1ccc(/C=C/C(=O)Cc2ccc(Br)cn2)cc1. The van der Waals surface area contributed by atoms with E-state index in [1.54, 1.807) is 30.5 Å². The summed E-state index contributed by atoms with van der Waals surface area (Å²) in [5.74, 6) is 0.0200. The van der Waals surface area contributed by atoms with Gasteiger partial charge in [0, 0.05) is 22.1 Å². The van der Waals surface area contributed by atoms with E-state index in [0.717, 1.165) is 15.7 Å². The molecule has 0 amide bonds. The van der Waals surface area contributed by atoms with Crippen LogP contribution in [0.15, 0.2) is 53.1 Å². The zero-order valence-electron chi connectivity index (χ0n) is 10.2. The molecule has 1 heterocycles. The Hall–Kier alpha value is -1.94. The molecule has 3 nitrogen and oxygen atoms in total. The molecule has 0 unspecified atom stereocenters. The van der Waals surface area contributed by atoms with E-state index in [9.17, 15) is 4.79 Å². The number of halogens is 1. The van der Waals surface area contributed by atoms with Crippen molar-refractivity contribution in [2.45, 2.75) is 6.42 Å². The van der Waals surface area contributed by atoms with E-state index >= 15 is 0 Å². The summed E-state index contributed by atoms with van der Waals surface area (Å²) in [6, 6.07) is 11.1. The number of benzene rings is 1. The Labute approximate surface area is 120 Å². The molecule has 0 aliphatic heterocycles. The molecule has 0 saturated carbocycles. The number of pyridine rings is 1. The number of carbonyl (C=O) groups is 1. The Kier molecular flexibility index (Phi) is 4.47. The Balaban J connectivity index is 1.97. The molecule has 0 aliphatic rings.